The molecule has 0 aliphatic heterocycles. The van der Waals surface area contributed by atoms with Crippen molar-refractivity contribution in [2.75, 3.05) is 13.2 Å². The van der Waals surface area contributed by atoms with Crippen molar-refractivity contribution in [3.63, 3.8) is 0 Å². The standard InChI is InChI=1S/C23H32NO3P/c1-20-18-22(19-24-16-9-17-27-28(25)26)14-15-23(20)13-8-3-2-5-10-21-11-6-4-7-12-21/h4,6-7,11-12,14-15,18,24H,2-3,5,8-10,13,16-17,19H2,1H3/p+1. The molecule has 0 bridgehead atoms. The molecular weight excluding hydrogens is 369 g/mol. The summed E-state index contributed by atoms with van der Waals surface area (Å²) in [4.78, 5) is 8.56. The number of hydrogen-bond acceptors (Lipinski definition) is 3. The van der Waals surface area contributed by atoms with E-state index in [1.807, 2.05) is 0 Å². The molecule has 0 aromatic heterocycles. The third-order valence-electron chi connectivity index (χ3n) is 4.94. The molecule has 0 amide bonds. The Morgan fingerprint density at radius 1 is 0.929 bits per heavy atom. The summed E-state index contributed by atoms with van der Waals surface area (Å²) in [5.74, 6) is 0. The zero-order valence-corrected chi connectivity index (χ0v) is 17.8. The largest absolute Gasteiger partial charge is 0.694 e. The fourth-order valence-electron chi connectivity index (χ4n) is 3.36. The Hall–Kier alpha value is -1.58. The van der Waals surface area contributed by atoms with E-state index in [0.29, 0.717) is 6.61 Å². The highest BCUT2D eigenvalue weighted by Gasteiger charge is 2.10. The van der Waals surface area contributed by atoms with Crippen LogP contribution in [0.1, 0.15) is 54.4 Å². The van der Waals surface area contributed by atoms with E-state index in [2.05, 4.69) is 65.3 Å². The Kier molecular flexibility index (Phi) is 11.0. The molecule has 28 heavy (non-hydrogen) atoms. The van der Waals surface area contributed by atoms with Gasteiger partial charge in [0.05, 0.1) is 0 Å². The van der Waals surface area contributed by atoms with Crippen molar-refractivity contribution in [3.05, 3.63) is 70.8 Å². The summed E-state index contributed by atoms with van der Waals surface area (Å²) in [6.07, 6.45) is 8.17. The first-order chi connectivity index (χ1) is 13.6. The summed E-state index contributed by atoms with van der Waals surface area (Å²) >= 11 is 0. The molecular formula is C23H33NO3P+. The molecule has 5 heteroatoms. The molecule has 0 saturated heterocycles. The Balaban J connectivity index is 1.58. The van der Waals surface area contributed by atoms with Gasteiger partial charge in [0.2, 0.25) is 0 Å². The van der Waals surface area contributed by atoms with Gasteiger partial charge in [0.25, 0.3) is 0 Å². The second-order valence-electron chi connectivity index (χ2n) is 7.26. The van der Waals surface area contributed by atoms with Crippen LogP contribution in [0.3, 0.4) is 0 Å². The predicted molar refractivity (Wildman–Crippen MR) is 116 cm³/mol. The van der Waals surface area contributed by atoms with Gasteiger partial charge in [-0.25, -0.2) is 0 Å². The minimum atomic E-state index is -2.47. The highest BCUT2D eigenvalue weighted by Crippen LogP contribution is 2.16. The Labute approximate surface area is 170 Å². The summed E-state index contributed by atoms with van der Waals surface area (Å²) in [5.41, 5.74) is 5.54. The maximum atomic E-state index is 10.4. The van der Waals surface area contributed by atoms with Crippen molar-refractivity contribution in [2.24, 2.45) is 0 Å². The molecule has 1 atom stereocenters. The molecule has 0 aliphatic carbocycles. The van der Waals surface area contributed by atoms with Crippen molar-refractivity contribution in [2.45, 2.75) is 58.4 Å². The maximum absolute atomic E-state index is 10.4. The first-order valence-corrected chi connectivity index (χ1v) is 11.4. The van der Waals surface area contributed by atoms with Crippen molar-refractivity contribution in [3.8, 4) is 0 Å². The number of hydrogen-bond donors (Lipinski definition) is 2. The molecule has 4 nitrogen and oxygen atoms in total. The van der Waals surface area contributed by atoms with E-state index in [9.17, 15) is 4.57 Å². The van der Waals surface area contributed by atoms with Crippen LogP contribution in [-0.2, 0) is 28.5 Å². The molecule has 0 saturated carbocycles. The summed E-state index contributed by atoms with van der Waals surface area (Å²) in [6, 6.07) is 17.5. The Morgan fingerprint density at radius 3 is 2.39 bits per heavy atom. The van der Waals surface area contributed by atoms with Crippen LogP contribution in [0.4, 0.5) is 0 Å². The maximum Gasteiger partial charge on any atom is 0.694 e. The highest BCUT2D eigenvalue weighted by atomic mass is 31.1. The molecule has 0 spiro atoms. The first-order valence-electron chi connectivity index (χ1n) is 10.3. The van der Waals surface area contributed by atoms with Crippen molar-refractivity contribution in [1.29, 1.82) is 0 Å². The van der Waals surface area contributed by atoms with Crippen LogP contribution in [-0.4, -0.2) is 18.0 Å². The fourth-order valence-corrected chi connectivity index (χ4v) is 3.65. The van der Waals surface area contributed by atoms with Gasteiger partial charge in [-0.2, -0.15) is 0 Å². The quantitative estimate of drug-likeness (QED) is 0.324. The van der Waals surface area contributed by atoms with E-state index in [4.69, 9.17) is 4.89 Å². The predicted octanol–water partition coefficient (Wildman–Crippen LogP) is 5.49. The van der Waals surface area contributed by atoms with Gasteiger partial charge in [-0.05, 0) is 67.8 Å². The number of rotatable bonds is 14. The van der Waals surface area contributed by atoms with E-state index in [0.717, 1.165) is 25.9 Å². The third kappa shape index (κ3) is 9.57. The smallest absolute Gasteiger partial charge is 0.313 e. The zero-order valence-electron chi connectivity index (χ0n) is 16.9. The topological polar surface area (TPSA) is 58.6 Å². The van der Waals surface area contributed by atoms with E-state index >= 15 is 0 Å². The fraction of sp³-hybridized carbons (Fsp3) is 0.478. The van der Waals surface area contributed by atoms with Gasteiger partial charge < -0.3 is 5.32 Å². The minimum Gasteiger partial charge on any atom is -0.313 e. The van der Waals surface area contributed by atoms with Gasteiger partial charge >= 0.3 is 8.25 Å². The minimum absolute atomic E-state index is 0.308. The molecule has 2 rings (SSSR count). The monoisotopic (exact) mass is 402 g/mol. The molecule has 2 aromatic rings. The average molecular weight is 402 g/mol. The summed E-state index contributed by atoms with van der Waals surface area (Å²) < 4.78 is 15.1. The van der Waals surface area contributed by atoms with Crippen molar-refractivity contribution >= 4 is 8.25 Å². The van der Waals surface area contributed by atoms with Crippen LogP contribution in [0.2, 0.25) is 0 Å². The second-order valence-corrected chi connectivity index (χ2v) is 8.00. The van der Waals surface area contributed by atoms with Gasteiger partial charge in [0.1, 0.15) is 6.61 Å². The lowest BCUT2D eigenvalue weighted by atomic mass is 9.99. The number of benzene rings is 2. The number of unbranched alkanes of at least 4 members (excludes halogenated alkanes) is 3. The van der Waals surface area contributed by atoms with Crippen LogP contribution in [0, 0.1) is 6.92 Å². The van der Waals surface area contributed by atoms with Gasteiger partial charge in [-0.3, -0.25) is 0 Å². The second kappa shape index (κ2) is 13.6. The Morgan fingerprint density at radius 2 is 1.68 bits per heavy atom. The highest BCUT2D eigenvalue weighted by molar-refractivity contribution is 7.32. The van der Waals surface area contributed by atoms with Crippen molar-refractivity contribution in [1.82, 2.24) is 5.32 Å². The van der Waals surface area contributed by atoms with Crippen molar-refractivity contribution < 1.29 is 14.0 Å². The molecule has 0 fully saturated rings. The third-order valence-corrected chi connectivity index (χ3v) is 5.34. The van der Waals surface area contributed by atoms with Crippen LogP contribution < -0.4 is 5.32 Å². The molecule has 0 heterocycles. The summed E-state index contributed by atoms with van der Waals surface area (Å²) in [5, 5.41) is 3.35. The SMILES string of the molecule is Cc1cc(CNCCCO[P+](=O)O)ccc1CCCCCCc1ccccc1. The lowest BCUT2D eigenvalue weighted by Gasteiger charge is -2.10. The summed E-state index contributed by atoms with van der Waals surface area (Å²) in [6.45, 7) is 4.08. The lowest BCUT2D eigenvalue weighted by Crippen LogP contribution is -2.16. The van der Waals surface area contributed by atoms with E-state index in [1.165, 1.54) is 54.4 Å². The van der Waals surface area contributed by atoms with Crippen LogP contribution in [0.5, 0.6) is 0 Å². The normalized spacial score (nSPS) is 11.6. The zero-order chi connectivity index (χ0) is 20.0. The molecule has 1 unspecified atom stereocenters. The van der Waals surface area contributed by atoms with Crippen LogP contribution >= 0.6 is 8.25 Å². The van der Waals surface area contributed by atoms with E-state index in [1.54, 1.807) is 0 Å². The molecule has 0 aliphatic rings. The molecule has 2 N–H and O–H groups in total. The van der Waals surface area contributed by atoms with Gasteiger partial charge in [0.15, 0.2) is 0 Å². The average Bonchev–Trinajstić information content (AvgIpc) is 2.69. The van der Waals surface area contributed by atoms with Gasteiger partial charge in [-0.1, -0.05) is 61.4 Å². The van der Waals surface area contributed by atoms with E-state index in [-0.39, 0.29) is 0 Å². The molecule has 0 radical (unpaired) electrons. The Bertz CT molecular complexity index is 706. The molecule has 2 aromatic carbocycles. The number of aryl methyl sites for hydroxylation is 3. The van der Waals surface area contributed by atoms with Crippen LogP contribution in [0.25, 0.3) is 0 Å². The first kappa shape index (κ1) is 22.7. The van der Waals surface area contributed by atoms with Crippen LogP contribution in [0.15, 0.2) is 48.5 Å². The van der Waals surface area contributed by atoms with E-state index < -0.39 is 8.25 Å². The number of nitrogens with one attached hydrogen (secondary N) is 1. The van der Waals surface area contributed by atoms with Gasteiger partial charge in [-0.15, -0.1) is 9.42 Å². The molecule has 152 valence electrons. The lowest BCUT2D eigenvalue weighted by molar-refractivity contribution is 0.276. The summed E-state index contributed by atoms with van der Waals surface area (Å²) in [7, 11) is -2.47. The van der Waals surface area contributed by atoms with Gasteiger partial charge in [0, 0.05) is 11.1 Å².